The highest BCUT2D eigenvalue weighted by Gasteiger charge is 2.33. The van der Waals surface area contributed by atoms with Crippen molar-refractivity contribution in [3.63, 3.8) is 0 Å². The van der Waals surface area contributed by atoms with Gasteiger partial charge in [0.15, 0.2) is 0 Å². The number of hydrogen-bond donors (Lipinski definition) is 0. The lowest BCUT2D eigenvalue weighted by molar-refractivity contribution is 0.401. The van der Waals surface area contributed by atoms with Crippen LogP contribution in [-0.2, 0) is 18.4 Å². The molecule has 1 aromatic heterocycles. The minimum absolute atomic E-state index is 0.476. The second-order valence-corrected chi connectivity index (χ2v) is 6.00. The van der Waals surface area contributed by atoms with Crippen molar-refractivity contribution in [2.45, 2.75) is 24.8 Å². The van der Waals surface area contributed by atoms with Gasteiger partial charge in [-0.25, -0.2) is 4.98 Å². The molecule has 0 amide bonds. The third-order valence-electron chi connectivity index (χ3n) is 4.44. The molecule has 0 aliphatic carbocycles. The predicted molar refractivity (Wildman–Crippen MR) is 95.1 cm³/mol. The van der Waals surface area contributed by atoms with Crippen molar-refractivity contribution in [1.29, 1.82) is 5.26 Å². The quantitative estimate of drug-likeness (QED) is 0.665. The number of aryl methyl sites for hydroxylation is 1. The molecule has 3 rings (SSSR count). The normalized spacial score (nSPS) is 13.0. The summed E-state index contributed by atoms with van der Waals surface area (Å²) in [6.45, 7) is 0.476. The standard InChI is InChI=1S/C20H20N4O/c1-25-19-9-7-17(8-10-19)11-12-20(13-21,14-24-16-22-15-23-24)18-5-3-2-4-6-18/h2-10,15-16H,11-12,14H2,1H3. The van der Waals surface area contributed by atoms with Crippen LogP contribution < -0.4 is 4.74 Å². The van der Waals surface area contributed by atoms with E-state index in [0.29, 0.717) is 13.0 Å². The Morgan fingerprint density at radius 3 is 2.48 bits per heavy atom. The van der Waals surface area contributed by atoms with Crippen LogP contribution in [0.3, 0.4) is 0 Å². The second-order valence-electron chi connectivity index (χ2n) is 6.00. The smallest absolute Gasteiger partial charge is 0.137 e. The van der Waals surface area contributed by atoms with Crippen LogP contribution in [0.2, 0.25) is 0 Å². The molecule has 0 aliphatic heterocycles. The van der Waals surface area contributed by atoms with Gasteiger partial charge in [-0.1, -0.05) is 42.5 Å². The number of hydrogen-bond acceptors (Lipinski definition) is 4. The number of methoxy groups -OCH3 is 1. The zero-order chi connectivity index (χ0) is 17.5. The molecule has 0 aliphatic rings. The van der Waals surface area contributed by atoms with Crippen molar-refractivity contribution in [3.05, 3.63) is 78.4 Å². The van der Waals surface area contributed by atoms with Crippen LogP contribution in [0.4, 0.5) is 0 Å². The Morgan fingerprint density at radius 2 is 1.88 bits per heavy atom. The van der Waals surface area contributed by atoms with E-state index < -0.39 is 5.41 Å². The maximum Gasteiger partial charge on any atom is 0.137 e. The first kappa shape index (κ1) is 16.7. The van der Waals surface area contributed by atoms with Crippen molar-refractivity contribution in [2.75, 3.05) is 7.11 Å². The van der Waals surface area contributed by atoms with Crippen molar-refractivity contribution in [1.82, 2.24) is 14.8 Å². The van der Waals surface area contributed by atoms with E-state index in [1.807, 2.05) is 54.6 Å². The molecular weight excluding hydrogens is 312 g/mol. The molecule has 0 saturated carbocycles. The highest BCUT2D eigenvalue weighted by Crippen LogP contribution is 2.31. The minimum atomic E-state index is -0.658. The fraction of sp³-hybridized carbons (Fsp3) is 0.250. The molecule has 126 valence electrons. The van der Waals surface area contributed by atoms with Crippen LogP contribution in [0.1, 0.15) is 17.5 Å². The van der Waals surface area contributed by atoms with Gasteiger partial charge in [0.05, 0.1) is 19.7 Å². The largest absolute Gasteiger partial charge is 0.497 e. The molecule has 1 unspecified atom stereocenters. The molecule has 0 fully saturated rings. The first-order valence-corrected chi connectivity index (χ1v) is 8.18. The highest BCUT2D eigenvalue weighted by molar-refractivity contribution is 5.33. The van der Waals surface area contributed by atoms with E-state index in [9.17, 15) is 5.26 Å². The molecule has 0 saturated heterocycles. The summed E-state index contributed by atoms with van der Waals surface area (Å²) in [6, 6.07) is 20.4. The molecule has 0 bridgehead atoms. The highest BCUT2D eigenvalue weighted by atomic mass is 16.5. The average Bonchev–Trinajstić information content (AvgIpc) is 3.19. The minimum Gasteiger partial charge on any atom is -0.497 e. The Hall–Kier alpha value is -3.13. The van der Waals surface area contributed by atoms with Gasteiger partial charge in [-0.15, -0.1) is 0 Å². The van der Waals surface area contributed by atoms with Crippen LogP contribution in [0.25, 0.3) is 0 Å². The molecule has 25 heavy (non-hydrogen) atoms. The summed E-state index contributed by atoms with van der Waals surface area (Å²) in [6.07, 6.45) is 4.64. The van der Waals surface area contributed by atoms with E-state index >= 15 is 0 Å². The second kappa shape index (κ2) is 7.63. The number of nitriles is 1. The topological polar surface area (TPSA) is 63.7 Å². The zero-order valence-electron chi connectivity index (χ0n) is 14.2. The Kier molecular flexibility index (Phi) is 5.10. The van der Waals surface area contributed by atoms with Crippen LogP contribution in [0.15, 0.2) is 67.3 Å². The summed E-state index contributed by atoms with van der Waals surface area (Å²) in [5.41, 5.74) is 1.52. The molecule has 0 N–H and O–H groups in total. The molecule has 5 heteroatoms. The number of ether oxygens (including phenoxy) is 1. The van der Waals surface area contributed by atoms with Crippen molar-refractivity contribution in [3.8, 4) is 11.8 Å². The number of benzene rings is 2. The monoisotopic (exact) mass is 332 g/mol. The van der Waals surface area contributed by atoms with Gasteiger partial charge in [-0.3, -0.25) is 4.68 Å². The van der Waals surface area contributed by atoms with Crippen molar-refractivity contribution in [2.24, 2.45) is 0 Å². The van der Waals surface area contributed by atoms with Crippen LogP contribution in [0, 0.1) is 11.3 Å². The van der Waals surface area contributed by atoms with E-state index in [1.54, 1.807) is 18.1 Å². The third kappa shape index (κ3) is 3.86. The van der Waals surface area contributed by atoms with Gasteiger partial charge in [0, 0.05) is 0 Å². The molecule has 5 nitrogen and oxygen atoms in total. The maximum atomic E-state index is 10.1. The lowest BCUT2D eigenvalue weighted by atomic mass is 9.77. The summed E-state index contributed by atoms with van der Waals surface area (Å²) in [4.78, 5) is 4.00. The Balaban J connectivity index is 1.86. The van der Waals surface area contributed by atoms with Crippen LogP contribution >= 0.6 is 0 Å². The lowest BCUT2D eigenvalue weighted by Crippen LogP contribution is -2.31. The van der Waals surface area contributed by atoms with E-state index in [-0.39, 0.29) is 0 Å². The summed E-state index contributed by atoms with van der Waals surface area (Å²) < 4.78 is 6.93. The first-order valence-electron chi connectivity index (χ1n) is 8.18. The molecule has 1 atom stereocenters. The van der Waals surface area contributed by atoms with Gasteiger partial charge in [0.1, 0.15) is 23.8 Å². The fourth-order valence-corrected chi connectivity index (χ4v) is 2.97. The molecule has 0 spiro atoms. The fourth-order valence-electron chi connectivity index (χ4n) is 2.97. The van der Waals surface area contributed by atoms with Crippen molar-refractivity contribution < 1.29 is 4.74 Å². The zero-order valence-corrected chi connectivity index (χ0v) is 14.2. The molecule has 1 heterocycles. The lowest BCUT2D eigenvalue weighted by Gasteiger charge is -2.27. The van der Waals surface area contributed by atoms with Gasteiger partial charge in [0.25, 0.3) is 0 Å². The van der Waals surface area contributed by atoms with Gasteiger partial charge in [0.2, 0.25) is 0 Å². The predicted octanol–water partition coefficient (Wildman–Crippen LogP) is 3.38. The Morgan fingerprint density at radius 1 is 1.12 bits per heavy atom. The number of rotatable bonds is 7. The van der Waals surface area contributed by atoms with Gasteiger partial charge < -0.3 is 4.74 Å². The number of nitrogens with zero attached hydrogens (tertiary/aromatic N) is 4. The van der Waals surface area contributed by atoms with Crippen LogP contribution in [0.5, 0.6) is 5.75 Å². The summed E-state index contributed by atoms with van der Waals surface area (Å²) in [7, 11) is 1.66. The number of aromatic nitrogens is 3. The SMILES string of the molecule is COc1ccc(CCC(C#N)(Cn2cncn2)c2ccccc2)cc1. The molecule has 2 aromatic carbocycles. The molecular formula is C20H20N4O. The van der Waals surface area contributed by atoms with E-state index in [4.69, 9.17) is 4.74 Å². The Labute approximate surface area is 147 Å². The van der Waals surface area contributed by atoms with Gasteiger partial charge in [-0.05, 0) is 36.1 Å². The van der Waals surface area contributed by atoms with E-state index in [2.05, 4.69) is 16.2 Å². The summed E-state index contributed by atoms with van der Waals surface area (Å²) in [5, 5.41) is 14.2. The molecule has 0 radical (unpaired) electrons. The molecule has 3 aromatic rings. The van der Waals surface area contributed by atoms with Crippen molar-refractivity contribution >= 4 is 0 Å². The maximum absolute atomic E-state index is 10.1. The van der Waals surface area contributed by atoms with Crippen LogP contribution in [-0.4, -0.2) is 21.9 Å². The third-order valence-corrected chi connectivity index (χ3v) is 4.44. The van der Waals surface area contributed by atoms with Gasteiger partial charge in [-0.2, -0.15) is 10.4 Å². The first-order chi connectivity index (χ1) is 12.3. The van der Waals surface area contributed by atoms with Gasteiger partial charge >= 0.3 is 0 Å². The summed E-state index contributed by atoms with van der Waals surface area (Å²) in [5.74, 6) is 0.834. The van der Waals surface area contributed by atoms with E-state index in [1.165, 1.54) is 11.9 Å². The average molecular weight is 332 g/mol. The van der Waals surface area contributed by atoms with E-state index in [0.717, 1.165) is 17.7 Å². The Bertz CT molecular complexity index is 822. The summed E-state index contributed by atoms with van der Waals surface area (Å²) >= 11 is 0.